The van der Waals surface area contributed by atoms with Gasteiger partial charge < -0.3 is 65.5 Å². The molecule has 3 aromatic carbocycles. The summed E-state index contributed by atoms with van der Waals surface area (Å²) < 4.78 is 35.1. The lowest BCUT2D eigenvalue weighted by Gasteiger charge is -2.19. The number of H-pyrrole nitrogens is 1. The quantitative estimate of drug-likeness (QED) is 0.0305. The van der Waals surface area contributed by atoms with Gasteiger partial charge in [-0.05, 0) is 66.4 Å². The number of rotatable bonds is 32. The summed E-state index contributed by atoms with van der Waals surface area (Å²) in [4.78, 5) is 77.0. The van der Waals surface area contributed by atoms with E-state index in [4.69, 9.17) is 73.2 Å². The van der Waals surface area contributed by atoms with E-state index in [9.17, 15) is 24.3 Å². The third kappa shape index (κ3) is 17.2. The molecule has 0 radical (unpaired) electrons. The summed E-state index contributed by atoms with van der Waals surface area (Å²) >= 11 is 13.0. The van der Waals surface area contributed by atoms with E-state index in [1.807, 2.05) is 50.1 Å². The molecule has 24 nitrogen and oxygen atoms in total. The number of carboxylic acid groups (broad SMARTS) is 1. The number of carboxylic acids is 1. The number of aliphatic carboxylic acids is 1. The van der Waals surface area contributed by atoms with E-state index in [1.165, 1.54) is 0 Å². The number of amides is 2. The van der Waals surface area contributed by atoms with Crippen LogP contribution in [0.4, 0.5) is 17.5 Å². The number of aromatic nitrogens is 8. The Morgan fingerprint density at radius 3 is 2.04 bits per heavy atom. The Labute approximate surface area is 464 Å². The van der Waals surface area contributed by atoms with Crippen LogP contribution in [0.5, 0.6) is 5.75 Å². The highest BCUT2D eigenvalue weighted by Crippen LogP contribution is 2.32. The predicted molar refractivity (Wildman–Crippen MR) is 296 cm³/mol. The fraction of sp³-hybridized carbons (Fsp3) is 0.396. The normalized spacial score (nSPS) is 11.8. The maximum absolute atomic E-state index is 13.3. The van der Waals surface area contributed by atoms with Crippen LogP contribution in [0, 0.1) is 0 Å². The Morgan fingerprint density at radius 2 is 1.42 bits per heavy atom. The van der Waals surface area contributed by atoms with Crippen molar-refractivity contribution in [3.63, 3.8) is 0 Å². The molecule has 420 valence electrons. The molecule has 0 aliphatic rings. The van der Waals surface area contributed by atoms with Gasteiger partial charge in [0.1, 0.15) is 35.3 Å². The zero-order valence-electron chi connectivity index (χ0n) is 43.9. The van der Waals surface area contributed by atoms with Crippen LogP contribution < -0.4 is 37.3 Å². The Morgan fingerprint density at radius 1 is 0.797 bits per heavy atom. The molecule has 1 atom stereocenters. The number of aromatic amines is 1. The lowest BCUT2D eigenvalue weighted by Crippen LogP contribution is -2.41. The van der Waals surface area contributed by atoms with Gasteiger partial charge in [-0.3, -0.25) is 14.4 Å². The number of ether oxygens (including phenoxy) is 6. The van der Waals surface area contributed by atoms with E-state index >= 15 is 0 Å². The number of nitrogens with zero attached hydrogens (tertiary/aromatic N) is 8. The molecule has 7 rings (SSSR count). The first kappa shape index (κ1) is 59.1. The number of anilines is 3. The molecule has 4 heterocycles. The lowest BCUT2D eigenvalue weighted by atomic mass is 10.1. The number of nitrogens with one attached hydrogen (secondary N) is 3. The van der Waals surface area contributed by atoms with Gasteiger partial charge in [0.2, 0.25) is 11.9 Å². The van der Waals surface area contributed by atoms with Gasteiger partial charge in [-0.2, -0.15) is 15.1 Å². The highest BCUT2D eigenvalue weighted by molar-refractivity contribution is 6.37. The molecule has 7 aromatic rings. The second-order valence-electron chi connectivity index (χ2n) is 18.1. The van der Waals surface area contributed by atoms with Gasteiger partial charge in [0.15, 0.2) is 22.6 Å². The van der Waals surface area contributed by atoms with Crippen molar-refractivity contribution >= 4 is 80.6 Å². The molecule has 26 heteroatoms. The third-order valence-corrected chi connectivity index (χ3v) is 12.5. The minimum absolute atomic E-state index is 0.00465. The summed E-state index contributed by atoms with van der Waals surface area (Å²) in [6.07, 6.45) is 1.69. The number of carbonyl (C=O) groups is 3. The first-order chi connectivity index (χ1) is 38.1. The highest BCUT2D eigenvalue weighted by atomic mass is 35.5. The van der Waals surface area contributed by atoms with Crippen molar-refractivity contribution in [2.45, 2.75) is 51.6 Å². The molecule has 0 bridgehead atoms. The van der Waals surface area contributed by atoms with Crippen molar-refractivity contribution in [1.29, 1.82) is 0 Å². The Balaban J connectivity index is 0.662. The average molecular weight is 1130 g/mol. The lowest BCUT2D eigenvalue weighted by molar-refractivity contribution is -0.139. The van der Waals surface area contributed by atoms with Crippen LogP contribution in [0.3, 0.4) is 0 Å². The van der Waals surface area contributed by atoms with Crippen molar-refractivity contribution in [2.75, 3.05) is 103 Å². The van der Waals surface area contributed by atoms with Gasteiger partial charge in [0.05, 0.1) is 100 Å². The van der Waals surface area contributed by atoms with Gasteiger partial charge in [-0.15, -0.1) is 0 Å². The van der Waals surface area contributed by atoms with Crippen molar-refractivity contribution in [2.24, 2.45) is 0 Å². The molecule has 0 aliphatic heterocycles. The summed E-state index contributed by atoms with van der Waals surface area (Å²) in [6, 6.07) is 18.0. The molecular formula is C53H63Cl2N13O11. The summed E-state index contributed by atoms with van der Waals surface area (Å²) in [6.45, 7) is 8.40. The first-order valence-electron chi connectivity index (χ1n) is 25.4. The third-order valence-electron chi connectivity index (χ3n) is 11.9. The number of nitrogen functional groups attached to an aromatic ring is 2. The van der Waals surface area contributed by atoms with E-state index < -0.39 is 17.9 Å². The van der Waals surface area contributed by atoms with Crippen LogP contribution in [0.1, 0.15) is 65.7 Å². The topological polar surface area (TPSA) is 321 Å². The van der Waals surface area contributed by atoms with Crippen molar-refractivity contribution < 1.29 is 47.9 Å². The molecular weight excluding hydrogens is 1070 g/mol. The second kappa shape index (κ2) is 29.4. The number of carbonyl (C=O) groups excluding carboxylic acids is 2. The van der Waals surface area contributed by atoms with Crippen LogP contribution in [0.2, 0.25) is 10.0 Å². The molecule has 0 aliphatic carbocycles. The Bertz CT molecular complexity index is 3200. The SMILES string of the molecule is CC(C)c1nn(-c2c(Cl)cccc2Cl)c2nc(Cc3ccc(OCCOCCOCCOCCOCCOCCNC(=O)CCC(NC(=O)c4ccc(N(C)Cc5cnc6nc(N)nc(N)c6n5)cc4)C(=O)O)cc3)[nH]c(=O)c12. The van der Waals surface area contributed by atoms with Gasteiger partial charge in [0.25, 0.3) is 11.5 Å². The van der Waals surface area contributed by atoms with Crippen molar-refractivity contribution in [1.82, 2.24) is 50.3 Å². The van der Waals surface area contributed by atoms with Gasteiger partial charge in [-0.25, -0.2) is 24.4 Å². The largest absolute Gasteiger partial charge is 0.491 e. The van der Waals surface area contributed by atoms with Gasteiger partial charge in [0, 0.05) is 37.7 Å². The second-order valence-corrected chi connectivity index (χ2v) is 18.9. The molecule has 4 aromatic heterocycles. The van der Waals surface area contributed by atoms with Crippen molar-refractivity contribution in [3.8, 4) is 11.4 Å². The highest BCUT2D eigenvalue weighted by Gasteiger charge is 2.24. The number of fused-ring (bicyclic) bond motifs is 2. The minimum Gasteiger partial charge on any atom is -0.491 e. The summed E-state index contributed by atoms with van der Waals surface area (Å²) in [5.74, 6) is -1.01. The summed E-state index contributed by atoms with van der Waals surface area (Å²) in [7, 11) is 1.83. The number of para-hydroxylation sites is 1. The zero-order chi connectivity index (χ0) is 56.3. The van der Waals surface area contributed by atoms with Crippen LogP contribution >= 0.6 is 23.2 Å². The Kier molecular flexibility index (Phi) is 22.0. The van der Waals surface area contributed by atoms with Crippen LogP contribution in [-0.4, -0.2) is 155 Å². The molecule has 0 saturated carbocycles. The number of benzene rings is 3. The molecule has 0 saturated heterocycles. The number of hydrogen-bond acceptors (Lipinski definition) is 19. The van der Waals surface area contributed by atoms with Crippen LogP contribution in [0.25, 0.3) is 27.9 Å². The fourth-order valence-corrected chi connectivity index (χ4v) is 8.47. The average Bonchev–Trinajstić information content (AvgIpc) is 3.86. The first-order valence-corrected chi connectivity index (χ1v) is 26.1. The molecule has 1 unspecified atom stereocenters. The maximum atomic E-state index is 13.3. The fourth-order valence-electron chi connectivity index (χ4n) is 7.91. The van der Waals surface area contributed by atoms with E-state index in [-0.39, 0.29) is 66.4 Å². The number of halogens is 2. The molecule has 0 spiro atoms. The van der Waals surface area contributed by atoms with E-state index in [2.05, 4.69) is 35.6 Å². The summed E-state index contributed by atoms with van der Waals surface area (Å²) in [5, 5.41) is 20.8. The van der Waals surface area contributed by atoms with Crippen LogP contribution in [0.15, 0.2) is 77.7 Å². The van der Waals surface area contributed by atoms with Gasteiger partial charge in [-0.1, -0.05) is 55.2 Å². The van der Waals surface area contributed by atoms with E-state index in [0.29, 0.717) is 134 Å². The number of nitrogens with two attached hydrogens (primary N) is 2. The molecule has 79 heavy (non-hydrogen) atoms. The van der Waals surface area contributed by atoms with Crippen LogP contribution in [-0.2, 0) is 46.2 Å². The molecule has 2 amide bonds. The smallest absolute Gasteiger partial charge is 0.326 e. The van der Waals surface area contributed by atoms with E-state index in [0.717, 1.165) is 11.3 Å². The maximum Gasteiger partial charge on any atom is 0.326 e. The van der Waals surface area contributed by atoms with E-state index in [1.54, 1.807) is 53.3 Å². The number of hydrogen-bond donors (Lipinski definition) is 6. The molecule has 0 fully saturated rings. The predicted octanol–water partition coefficient (Wildman–Crippen LogP) is 4.91. The summed E-state index contributed by atoms with van der Waals surface area (Å²) in [5.41, 5.74) is 15.9. The minimum atomic E-state index is -1.28. The van der Waals surface area contributed by atoms with Crippen molar-refractivity contribution in [3.05, 3.63) is 122 Å². The van der Waals surface area contributed by atoms with Gasteiger partial charge >= 0.3 is 5.97 Å². The zero-order valence-corrected chi connectivity index (χ0v) is 45.4. The Hall–Kier alpha value is -7.58. The monoisotopic (exact) mass is 1130 g/mol. The molecule has 8 N–H and O–H groups in total. The standard InChI is InChI=1S/C53H63Cl2N13O11/c1-32(2)44-43-49(68(66-44)46-38(54)5-4-6-39(46)55)62-41(63-51(43)71)29-33-7-13-37(14-8-33)79-28-27-78-26-25-77-24-23-76-22-21-75-20-19-74-18-17-58-42(69)16-15-40(52(72)73)61-50(70)34-9-11-36(12-10-34)67(3)31-35-30-59-48-45(60-35)47(56)64-53(57)65-48/h4-14,30,32,40H,15-29,31H2,1-3H3,(H,58,69)(H,61,70)(H,72,73)(H,62,63,71)(H4,56,57,59,64,65).